The van der Waals surface area contributed by atoms with Crippen LogP contribution in [0.2, 0.25) is 5.02 Å². The average Bonchev–Trinajstić information content (AvgIpc) is 2.76. The van der Waals surface area contributed by atoms with Crippen molar-refractivity contribution in [1.29, 1.82) is 0 Å². The van der Waals surface area contributed by atoms with Crippen molar-refractivity contribution in [3.05, 3.63) is 70.9 Å². The maximum Gasteiger partial charge on any atom is 0.433 e. The summed E-state index contributed by atoms with van der Waals surface area (Å²) in [5.41, 5.74) is 0.750. The van der Waals surface area contributed by atoms with E-state index in [4.69, 9.17) is 11.6 Å². The molecule has 1 saturated carbocycles. The molecule has 0 unspecified atom stereocenters. The van der Waals surface area contributed by atoms with E-state index in [1.54, 1.807) is 36.4 Å². The zero-order valence-electron chi connectivity index (χ0n) is 17.3. The molecule has 0 bridgehead atoms. The fraction of sp³-hybridized carbons (Fsp3) is 0.333. The summed E-state index contributed by atoms with van der Waals surface area (Å²) in [6.45, 7) is 0. The first-order valence-corrected chi connectivity index (χ1v) is 10.9. The van der Waals surface area contributed by atoms with Gasteiger partial charge in [-0.2, -0.15) is 13.2 Å². The van der Waals surface area contributed by atoms with Crippen LogP contribution >= 0.6 is 11.6 Å². The molecule has 4 nitrogen and oxygen atoms in total. The summed E-state index contributed by atoms with van der Waals surface area (Å²) in [6, 6.07) is 15.2. The topological polar surface area (TPSA) is 54.0 Å². The van der Waals surface area contributed by atoms with Crippen LogP contribution in [0.3, 0.4) is 0 Å². The summed E-state index contributed by atoms with van der Waals surface area (Å²) in [5, 5.41) is 7.65. The normalized spacial score (nSPS) is 19.0. The predicted molar refractivity (Wildman–Crippen MR) is 120 cm³/mol. The Kier molecular flexibility index (Phi) is 6.55. The Morgan fingerprint density at radius 1 is 1.00 bits per heavy atom. The maximum atomic E-state index is 13.3. The number of carbonyl (C=O) groups is 1. The number of para-hydroxylation sites is 1. The molecule has 0 radical (unpaired) electrons. The molecule has 1 aliphatic rings. The Balaban J connectivity index is 1.36. The van der Waals surface area contributed by atoms with Gasteiger partial charge in [0.25, 0.3) is 0 Å². The van der Waals surface area contributed by atoms with Crippen LogP contribution in [-0.2, 0) is 17.4 Å². The van der Waals surface area contributed by atoms with E-state index in [1.807, 2.05) is 12.1 Å². The highest BCUT2D eigenvalue weighted by Gasteiger charge is 2.33. The summed E-state index contributed by atoms with van der Waals surface area (Å²) in [7, 11) is 0. The summed E-state index contributed by atoms with van der Waals surface area (Å²) >= 11 is 5.87. The molecule has 4 rings (SSSR count). The number of nitrogens with one attached hydrogen (secondary N) is 2. The van der Waals surface area contributed by atoms with Crippen LogP contribution in [0.5, 0.6) is 0 Å². The molecule has 0 atom stereocenters. The number of amides is 1. The van der Waals surface area contributed by atoms with E-state index in [9.17, 15) is 18.0 Å². The van der Waals surface area contributed by atoms with Gasteiger partial charge < -0.3 is 10.6 Å². The minimum absolute atomic E-state index is 0.0336. The van der Waals surface area contributed by atoms with Gasteiger partial charge in [0.05, 0.1) is 11.9 Å². The molecule has 1 aromatic heterocycles. The lowest BCUT2D eigenvalue weighted by atomic mass is 9.90. The molecule has 2 aromatic carbocycles. The summed E-state index contributed by atoms with van der Waals surface area (Å²) < 4.78 is 39.9. The van der Waals surface area contributed by atoms with Crippen LogP contribution < -0.4 is 10.6 Å². The summed E-state index contributed by atoms with van der Waals surface area (Å²) in [4.78, 5) is 16.1. The first-order valence-electron chi connectivity index (χ1n) is 10.6. The van der Waals surface area contributed by atoms with Gasteiger partial charge in [-0.15, -0.1) is 0 Å². The smallest absolute Gasteiger partial charge is 0.382 e. The highest BCUT2D eigenvalue weighted by molar-refractivity contribution is 6.30. The number of alkyl halides is 3. The molecule has 1 amide bonds. The molecule has 3 aromatic rings. The van der Waals surface area contributed by atoms with Gasteiger partial charge in [0.1, 0.15) is 5.69 Å². The molecule has 168 valence electrons. The van der Waals surface area contributed by atoms with Crippen molar-refractivity contribution in [2.24, 2.45) is 0 Å². The first kappa shape index (κ1) is 22.4. The lowest BCUT2D eigenvalue weighted by molar-refractivity contribution is -0.140. The molecule has 0 spiro atoms. The van der Waals surface area contributed by atoms with E-state index in [0.29, 0.717) is 28.0 Å². The fourth-order valence-corrected chi connectivity index (χ4v) is 4.23. The van der Waals surface area contributed by atoms with Gasteiger partial charge in [0, 0.05) is 28.2 Å². The standard InChI is InChI=1S/C24H23ClF3N3O/c25-16-7-5-15(6-8-16)13-23(32)30-18-11-9-17(10-12-18)29-21-14-22(24(26,27)28)31-20-4-2-1-3-19(20)21/h1-8,14,17-18H,9-13H2,(H,29,31)(H,30,32)/t17-,18+. The van der Waals surface area contributed by atoms with Gasteiger partial charge in [-0.25, -0.2) is 4.98 Å². The number of nitrogens with zero attached hydrogens (tertiary/aromatic N) is 1. The van der Waals surface area contributed by atoms with Gasteiger partial charge in [0.2, 0.25) is 5.91 Å². The number of hydrogen-bond donors (Lipinski definition) is 2. The molecule has 32 heavy (non-hydrogen) atoms. The monoisotopic (exact) mass is 461 g/mol. The van der Waals surface area contributed by atoms with Crippen molar-refractivity contribution < 1.29 is 18.0 Å². The highest BCUT2D eigenvalue weighted by Crippen LogP contribution is 2.34. The van der Waals surface area contributed by atoms with Gasteiger partial charge in [0.15, 0.2) is 0 Å². The Morgan fingerprint density at radius 3 is 2.34 bits per heavy atom. The van der Waals surface area contributed by atoms with E-state index in [2.05, 4.69) is 15.6 Å². The summed E-state index contributed by atoms with van der Waals surface area (Å²) in [5.74, 6) is -0.0429. The van der Waals surface area contributed by atoms with Crippen molar-refractivity contribution in [3.8, 4) is 0 Å². The number of hydrogen-bond acceptors (Lipinski definition) is 3. The molecule has 1 heterocycles. The van der Waals surface area contributed by atoms with Crippen LogP contribution in [0.15, 0.2) is 54.6 Å². The number of benzene rings is 2. The molecular weight excluding hydrogens is 439 g/mol. The minimum Gasteiger partial charge on any atom is -0.382 e. The number of fused-ring (bicyclic) bond motifs is 1. The number of aromatic nitrogens is 1. The molecule has 8 heteroatoms. The van der Waals surface area contributed by atoms with E-state index in [-0.39, 0.29) is 18.0 Å². The minimum atomic E-state index is -4.51. The van der Waals surface area contributed by atoms with E-state index in [0.717, 1.165) is 37.3 Å². The number of halogens is 4. The highest BCUT2D eigenvalue weighted by atomic mass is 35.5. The molecule has 0 saturated heterocycles. The number of rotatable bonds is 5. The van der Waals surface area contributed by atoms with Gasteiger partial charge in [-0.05, 0) is 55.5 Å². The molecule has 2 N–H and O–H groups in total. The van der Waals surface area contributed by atoms with Crippen molar-refractivity contribution in [3.63, 3.8) is 0 Å². The van der Waals surface area contributed by atoms with Crippen molar-refractivity contribution in [1.82, 2.24) is 10.3 Å². The van der Waals surface area contributed by atoms with Crippen LogP contribution in [0.25, 0.3) is 10.9 Å². The average molecular weight is 462 g/mol. The Labute approximate surface area is 189 Å². The quantitative estimate of drug-likeness (QED) is 0.490. The Morgan fingerprint density at radius 2 is 1.66 bits per heavy atom. The first-order chi connectivity index (χ1) is 15.3. The van der Waals surface area contributed by atoms with Crippen molar-refractivity contribution >= 4 is 34.1 Å². The van der Waals surface area contributed by atoms with Crippen LogP contribution in [0.1, 0.15) is 36.9 Å². The number of pyridine rings is 1. The van der Waals surface area contributed by atoms with Crippen LogP contribution in [0, 0.1) is 0 Å². The van der Waals surface area contributed by atoms with Gasteiger partial charge >= 0.3 is 6.18 Å². The van der Waals surface area contributed by atoms with E-state index < -0.39 is 11.9 Å². The van der Waals surface area contributed by atoms with Crippen molar-refractivity contribution in [2.75, 3.05) is 5.32 Å². The molecule has 0 aliphatic heterocycles. The Bertz CT molecular complexity index is 1090. The third kappa shape index (κ3) is 5.51. The second-order valence-electron chi connectivity index (χ2n) is 8.13. The van der Waals surface area contributed by atoms with Gasteiger partial charge in [-0.1, -0.05) is 41.9 Å². The van der Waals surface area contributed by atoms with Crippen molar-refractivity contribution in [2.45, 2.75) is 50.4 Å². The lowest BCUT2D eigenvalue weighted by Gasteiger charge is -2.30. The van der Waals surface area contributed by atoms with E-state index in [1.165, 1.54) is 0 Å². The zero-order valence-corrected chi connectivity index (χ0v) is 18.0. The SMILES string of the molecule is O=C(Cc1ccc(Cl)cc1)N[C@H]1CC[C@@H](Nc2cc(C(F)(F)F)nc3ccccc23)CC1. The molecule has 1 fully saturated rings. The number of carbonyl (C=O) groups excluding carboxylic acids is 1. The Hall–Kier alpha value is -2.80. The van der Waals surface area contributed by atoms with Crippen LogP contribution in [-0.4, -0.2) is 23.0 Å². The molecule has 1 aliphatic carbocycles. The summed E-state index contributed by atoms with van der Waals surface area (Å²) in [6.07, 6.45) is -1.18. The zero-order chi connectivity index (χ0) is 22.7. The fourth-order valence-electron chi connectivity index (χ4n) is 4.11. The number of anilines is 1. The third-order valence-electron chi connectivity index (χ3n) is 5.74. The second-order valence-corrected chi connectivity index (χ2v) is 8.57. The maximum absolute atomic E-state index is 13.3. The second kappa shape index (κ2) is 9.36. The van der Waals surface area contributed by atoms with E-state index >= 15 is 0 Å². The van der Waals surface area contributed by atoms with Crippen LogP contribution in [0.4, 0.5) is 18.9 Å². The third-order valence-corrected chi connectivity index (χ3v) is 5.99. The van der Waals surface area contributed by atoms with Gasteiger partial charge in [-0.3, -0.25) is 4.79 Å². The largest absolute Gasteiger partial charge is 0.433 e. The lowest BCUT2D eigenvalue weighted by Crippen LogP contribution is -2.40. The predicted octanol–water partition coefficient (Wildman–Crippen LogP) is 5.99. The molecular formula is C24H23ClF3N3O.